The molecule has 0 saturated carbocycles. The topological polar surface area (TPSA) is 102 Å². The van der Waals surface area contributed by atoms with Gasteiger partial charge in [-0.25, -0.2) is 4.68 Å². The van der Waals surface area contributed by atoms with Gasteiger partial charge >= 0.3 is 5.97 Å². The van der Waals surface area contributed by atoms with E-state index in [-0.39, 0.29) is 36.7 Å². The van der Waals surface area contributed by atoms with E-state index < -0.39 is 12.1 Å². The number of ether oxygens (including phenoxy) is 1. The summed E-state index contributed by atoms with van der Waals surface area (Å²) in [5, 5.41) is 12.6. The highest BCUT2D eigenvalue weighted by Crippen LogP contribution is 2.11. The number of carbonyl (C=O) groups excluding carboxylic acids is 1. The molecule has 0 aromatic carbocycles. The SMILES string of the molecule is Cn1nc(C(=O)N2CCOC(CC(=O)O)C2)ccc1=O. The molecule has 20 heavy (non-hydrogen) atoms. The molecule has 8 nitrogen and oxygen atoms in total. The van der Waals surface area contributed by atoms with Crippen LogP contribution in [0.1, 0.15) is 16.9 Å². The molecule has 0 bridgehead atoms. The minimum Gasteiger partial charge on any atom is -0.481 e. The van der Waals surface area contributed by atoms with Gasteiger partial charge in [0.15, 0.2) is 0 Å². The highest BCUT2D eigenvalue weighted by atomic mass is 16.5. The molecule has 1 atom stereocenters. The minimum absolute atomic E-state index is 0.148. The van der Waals surface area contributed by atoms with Crippen molar-refractivity contribution >= 4 is 11.9 Å². The molecule has 108 valence electrons. The summed E-state index contributed by atoms with van der Waals surface area (Å²) in [6, 6.07) is 2.64. The molecule has 0 spiro atoms. The van der Waals surface area contributed by atoms with Crippen LogP contribution >= 0.6 is 0 Å². The summed E-state index contributed by atoms with van der Waals surface area (Å²) in [5.74, 6) is -1.30. The summed E-state index contributed by atoms with van der Waals surface area (Å²) in [4.78, 5) is 35.6. The maximum absolute atomic E-state index is 12.2. The van der Waals surface area contributed by atoms with Crippen molar-refractivity contribution in [3.05, 3.63) is 28.2 Å². The van der Waals surface area contributed by atoms with E-state index in [4.69, 9.17) is 9.84 Å². The van der Waals surface area contributed by atoms with Crippen LogP contribution < -0.4 is 5.56 Å². The van der Waals surface area contributed by atoms with Crippen LogP contribution in [-0.4, -0.2) is 57.5 Å². The molecule has 2 heterocycles. The van der Waals surface area contributed by atoms with Gasteiger partial charge in [0.2, 0.25) is 0 Å². The molecule has 8 heteroatoms. The van der Waals surface area contributed by atoms with E-state index >= 15 is 0 Å². The number of nitrogens with zero attached hydrogens (tertiary/aromatic N) is 3. The highest BCUT2D eigenvalue weighted by molar-refractivity contribution is 5.92. The van der Waals surface area contributed by atoms with Crippen molar-refractivity contribution in [2.45, 2.75) is 12.5 Å². The molecule has 1 aromatic rings. The van der Waals surface area contributed by atoms with Crippen molar-refractivity contribution < 1.29 is 19.4 Å². The first-order valence-electron chi connectivity index (χ1n) is 6.14. The monoisotopic (exact) mass is 281 g/mol. The van der Waals surface area contributed by atoms with Crippen LogP contribution in [0.4, 0.5) is 0 Å². The number of aromatic nitrogens is 2. The van der Waals surface area contributed by atoms with E-state index in [0.29, 0.717) is 6.54 Å². The maximum Gasteiger partial charge on any atom is 0.306 e. The third-order valence-corrected chi connectivity index (χ3v) is 3.01. The second kappa shape index (κ2) is 5.83. The molecule has 0 radical (unpaired) electrons. The van der Waals surface area contributed by atoms with E-state index in [1.54, 1.807) is 0 Å². The zero-order chi connectivity index (χ0) is 14.7. The van der Waals surface area contributed by atoms with E-state index in [2.05, 4.69) is 5.10 Å². The largest absolute Gasteiger partial charge is 0.481 e. The van der Waals surface area contributed by atoms with Gasteiger partial charge in [-0.1, -0.05) is 0 Å². The maximum atomic E-state index is 12.2. The Bertz CT molecular complexity index is 583. The molecule has 1 aromatic heterocycles. The summed E-state index contributed by atoms with van der Waals surface area (Å²) in [6.45, 7) is 0.866. The van der Waals surface area contributed by atoms with Crippen molar-refractivity contribution in [2.75, 3.05) is 19.7 Å². The van der Waals surface area contributed by atoms with Gasteiger partial charge in [0.1, 0.15) is 5.69 Å². The number of hydrogen-bond donors (Lipinski definition) is 1. The van der Waals surface area contributed by atoms with Gasteiger partial charge in [-0.05, 0) is 6.07 Å². The van der Waals surface area contributed by atoms with Crippen LogP contribution in [0.3, 0.4) is 0 Å². The van der Waals surface area contributed by atoms with Gasteiger partial charge in [0, 0.05) is 26.2 Å². The van der Waals surface area contributed by atoms with Gasteiger partial charge in [0.25, 0.3) is 11.5 Å². The molecule has 1 aliphatic heterocycles. The molecule has 2 rings (SSSR count). The number of morpholine rings is 1. The summed E-state index contributed by atoms with van der Waals surface area (Å²) in [7, 11) is 1.46. The third-order valence-electron chi connectivity index (χ3n) is 3.01. The average Bonchev–Trinajstić information content (AvgIpc) is 2.40. The number of hydrogen-bond acceptors (Lipinski definition) is 5. The fourth-order valence-electron chi connectivity index (χ4n) is 2.00. The van der Waals surface area contributed by atoms with Crippen molar-refractivity contribution in [1.29, 1.82) is 0 Å². The number of aryl methyl sites for hydroxylation is 1. The van der Waals surface area contributed by atoms with Crippen molar-refractivity contribution in [3.63, 3.8) is 0 Å². The average molecular weight is 281 g/mol. The quantitative estimate of drug-likeness (QED) is 0.770. The summed E-state index contributed by atoms with van der Waals surface area (Å²) in [5.41, 5.74) is -0.143. The molecule has 1 saturated heterocycles. The third kappa shape index (κ3) is 3.21. The summed E-state index contributed by atoms with van der Waals surface area (Å²) < 4.78 is 6.38. The van der Waals surface area contributed by atoms with Crippen LogP contribution in [-0.2, 0) is 16.6 Å². The summed E-state index contributed by atoms with van der Waals surface area (Å²) >= 11 is 0. The van der Waals surface area contributed by atoms with Crippen LogP contribution in [0.5, 0.6) is 0 Å². The Morgan fingerprint density at radius 2 is 2.25 bits per heavy atom. The Morgan fingerprint density at radius 1 is 1.50 bits per heavy atom. The van der Waals surface area contributed by atoms with E-state index in [1.165, 1.54) is 24.1 Å². The standard InChI is InChI=1S/C12H15N3O5/c1-14-10(16)3-2-9(13-14)12(19)15-4-5-20-8(7-15)6-11(17)18/h2-3,8H,4-7H2,1H3,(H,17,18). The molecule has 1 aliphatic rings. The smallest absolute Gasteiger partial charge is 0.306 e. The van der Waals surface area contributed by atoms with E-state index in [1.807, 2.05) is 0 Å². The number of carboxylic acids is 1. The predicted molar refractivity (Wildman–Crippen MR) is 67.4 cm³/mol. The fourth-order valence-corrected chi connectivity index (χ4v) is 2.00. The minimum atomic E-state index is -0.968. The zero-order valence-corrected chi connectivity index (χ0v) is 11.0. The van der Waals surface area contributed by atoms with Crippen LogP contribution in [0.2, 0.25) is 0 Å². The van der Waals surface area contributed by atoms with Gasteiger partial charge in [-0.3, -0.25) is 14.4 Å². The van der Waals surface area contributed by atoms with Gasteiger partial charge in [-0.15, -0.1) is 0 Å². The van der Waals surface area contributed by atoms with Gasteiger partial charge < -0.3 is 14.7 Å². The van der Waals surface area contributed by atoms with Crippen molar-refractivity contribution in [1.82, 2.24) is 14.7 Å². The lowest BCUT2D eigenvalue weighted by atomic mass is 10.2. The Labute approximate surface area is 114 Å². The van der Waals surface area contributed by atoms with Crippen LogP contribution in [0.25, 0.3) is 0 Å². The van der Waals surface area contributed by atoms with Crippen molar-refractivity contribution in [2.24, 2.45) is 7.05 Å². The number of aliphatic carboxylic acids is 1. The first-order valence-corrected chi connectivity index (χ1v) is 6.14. The molecule has 1 fully saturated rings. The molecule has 1 unspecified atom stereocenters. The van der Waals surface area contributed by atoms with Crippen LogP contribution in [0, 0.1) is 0 Å². The van der Waals surface area contributed by atoms with E-state index in [0.717, 1.165) is 4.68 Å². The molecule has 1 N–H and O–H groups in total. The molecular formula is C12H15N3O5. The lowest BCUT2D eigenvalue weighted by Crippen LogP contribution is -2.46. The lowest BCUT2D eigenvalue weighted by Gasteiger charge is -2.32. The first-order chi connectivity index (χ1) is 9.47. The second-order valence-corrected chi connectivity index (χ2v) is 4.52. The molecule has 0 aliphatic carbocycles. The van der Waals surface area contributed by atoms with Gasteiger partial charge in [0.05, 0.1) is 19.1 Å². The zero-order valence-electron chi connectivity index (χ0n) is 11.0. The Balaban J connectivity index is 2.10. The normalized spacial score (nSPS) is 18.9. The Morgan fingerprint density at radius 3 is 2.90 bits per heavy atom. The number of carboxylic acid groups (broad SMARTS) is 1. The Kier molecular flexibility index (Phi) is 4.14. The van der Waals surface area contributed by atoms with Crippen molar-refractivity contribution in [3.8, 4) is 0 Å². The number of carbonyl (C=O) groups is 2. The molecule has 1 amide bonds. The predicted octanol–water partition coefficient (Wildman–Crippen LogP) is -0.904. The summed E-state index contributed by atoms with van der Waals surface area (Å²) in [6.07, 6.45) is -0.664. The number of rotatable bonds is 3. The fraction of sp³-hybridized carbons (Fsp3) is 0.500. The Hall–Kier alpha value is -2.22. The lowest BCUT2D eigenvalue weighted by molar-refractivity contribution is -0.141. The second-order valence-electron chi connectivity index (χ2n) is 4.52. The number of amides is 1. The van der Waals surface area contributed by atoms with E-state index in [9.17, 15) is 14.4 Å². The van der Waals surface area contributed by atoms with Gasteiger partial charge in [-0.2, -0.15) is 5.10 Å². The van der Waals surface area contributed by atoms with Crippen LogP contribution in [0.15, 0.2) is 16.9 Å². The first kappa shape index (κ1) is 14.2. The molecular weight excluding hydrogens is 266 g/mol. The highest BCUT2D eigenvalue weighted by Gasteiger charge is 2.27.